The van der Waals surface area contributed by atoms with Gasteiger partial charge in [-0.25, -0.2) is 18.4 Å². The summed E-state index contributed by atoms with van der Waals surface area (Å²) in [5.41, 5.74) is -1.87. The molecule has 0 saturated heterocycles. The number of aromatic nitrogens is 4. The van der Waals surface area contributed by atoms with Gasteiger partial charge in [0.1, 0.15) is 11.2 Å². The molecule has 3 heterocycles. The molecule has 0 fully saturated rings. The molecule has 9 nitrogen and oxygen atoms in total. The molecule has 3 aromatic rings. The van der Waals surface area contributed by atoms with Gasteiger partial charge in [0.05, 0.1) is 21.8 Å². The Hall–Kier alpha value is -2.75. The van der Waals surface area contributed by atoms with E-state index in [9.17, 15) is 30.4 Å². The summed E-state index contributed by atoms with van der Waals surface area (Å²) < 4.78 is 109. The highest BCUT2D eigenvalue weighted by atomic mass is 32.2. The zero-order valence-corrected chi connectivity index (χ0v) is 20.0. The first-order chi connectivity index (χ1) is 16.2. The number of nitrogens with zero attached hydrogens (tertiary/aromatic N) is 4. The molecule has 0 aliphatic heterocycles. The SMILES string of the molecule is CCS(=O)(=O)c1cc(C(OC)(OC)OC)cnc1-c1nc2cc(C(F)(F)C(F)(F)F)cnc2n1C. The Balaban J connectivity index is 2.28. The molecule has 0 aliphatic rings. The highest BCUT2D eigenvalue weighted by Gasteiger charge is 2.59. The van der Waals surface area contributed by atoms with E-state index in [-0.39, 0.29) is 38.9 Å². The van der Waals surface area contributed by atoms with E-state index in [4.69, 9.17) is 14.2 Å². The molecule has 192 valence electrons. The lowest BCUT2D eigenvalue weighted by atomic mass is 10.1. The van der Waals surface area contributed by atoms with Gasteiger partial charge in [0.15, 0.2) is 21.3 Å². The molecule has 0 atom stereocenters. The number of methoxy groups -OCH3 is 3. The number of rotatable bonds is 8. The molecule has 0 aliphatic carbocycles. The summed E-state index contributed by atoms with van der Waals surface area (Å²) >= 11 is 0. The first-order valence-electron chi connectivity index (χ1n) is 9.85. The number of pyridine rings is 2. The molecule has 0 saturated carbocycles. The summed E-state index contributed by atoms with van der Waals surface area (Å²) in [6.45, 7) is 1.39. The summed E-state index contributed by atoms with van der Waals surface area (Å²) in [6, 6.07) is 1.75. The predicted molar refractivity (Wildman–Crippen MR) is 112 cm³/mol. The highest BCUT2D eigenvalue weighted by Crippen LogP contribution is 2.44. The van der Waals surface area contributed by atoms with Crippen molar-refractivity contribution in [3.8, 4) is 11.5 Å². The maximum absolute atomic E-state index is 13.8. The lowest BCUT2D eigenvalue weighted by Crippen LogP contribution is -2.33. The molecule has 3 rings (SSSR count). The fourth-order valence-corrected chi connectivity index (χ4v) is 4.46. The molecule has 15 heteroatoms. The molecule has 0 radical (unpaired) electrons. The van der Waals surface area contributed by atoms with E-state index in [0.29, 0.717) is 12.3 Å². The lowest BCUT2D eigenvalue weighted by Gasteiger charge is -2.29. The van der Waals surface area contributed by atoms with Crippen LogP contribution in [0.1, 0.15) is 18.1 Å². The Morgan fingerprint density at radius 1 is 0.943 bits per heavy atom. The number of imidazole rings is 1. The van der Waals surface area contributed by atoms with Crippen molar-refractivity contribution >= 4 is 21.0 Å². The van der Waals surface area contributed by atoms with E-state index < -0.39 is 33.5 Å². The molecule has 0 bridgehead atoms. The second kappa shape index (κ2) is 9.04. The van der Waals surface area contributed by atoms with Gasteiger partial charge in [-0.15, -0.1) is 0 Å². The Bertz CT molecular complexity index is 1350. The van der Waals surface area contributed by atoms with Gasteiger partial charge in [0.2, 0.25) is 0 Å². The zero-order chi connectivity index (χ0) is 26.4. The van der Waals surface area contributed by atoms with Crippen LogP contribution >= 0.6 is 0 Å². The van der Waals surface area contributed by atoms with Gasteiger partial charge in [-0.2, -0.15) is 22.0 Å². The Labute approximate surface area is 196 Å². The molecule has 0 spiro atoms. The molecule has 35 heavy (non-hydrogen) atoms. The first-order valence-corrected chi connectivity index (χ1v) is 11.5. The monoisotopic (exact) mass is 524 g/mol. The maximum Gasteiger partial charge on any atom is 0.458 e. The first kappa shape index (κ1) is 26.8. The Morgan fingerprint density at radius 3 is 2.03 bits per heavy atom. The molecule has 0 N–H and O–H groups in total. The van der Waals surface area contributed by atoms with Crippen molar-refractivity contribution in [2.24, 2.45) is 7.05 Å². The number of hydrogen-bond acceptors (Lipinski definition) is 8. The van der Waals surface area contributed by atoms with Crippen LogP contribution in [-0.4, -0.2) is 61.2 Å². The van der Waals surface area contributed by atoms with Crippen molar-refractivity contribution in [3.63, 3.8) is 0 Å². The van der Waals surface area contributed by atoms with Gasteiger partial charge in [-0.3, -0.25) is 4.98 Å². The number of alkyl halides is 5. The third-order valence-electron chi connectivity index (χ3n) is 5.37. The highest BCUT2D eigenvalue weighted by molar-refractivity contribution is 7.91. The van der Waals surface area contributed by atoms with Crippen LogP contribution in [0, 0.1) is 0 Å². The summed E-state index contributed by atoms with van der Waals surface area (Å²) in [5.74, 6) is -7.41. The number of halogens is 5. The Kier molecular flexibility index (Phi) is 6.93. The standard InChI is InChI=1S/C20H21F5N4O5S/c1-6-35(30,31)14-8-12(19(32-3,33-4)34-5)10-26-15(14)17-28-13-7-11(9-27-16(13)29(17)2)18(21,22)20(23,24)25/h7-10H,6H2,1-5H3. The van der Waals surface area contributed by atoms with E-state index in [1.165, 1.54) is 52.1 Å². The van der Waals surface area contributed by atoms with E-state index in [2.05, 4.69) is 15.0 Å². The van der Waals surface area contributed by atoms with Crippen molar-refractivity contribution in [3.05, 3.63) is 35.7 Å². The molecular weight excluding hydrogens is 503 g/mol. The van der Waals surface area contributed by atoms with Crippen molar-refractivity contribution in [1.82, 2.24) is 19.5 Å². The fraction of sp³-hybridized carbons (Fsp3) is 0.450. The minimum atomic E-state index is -5.84. The van der Waals surface area contributed by atoms with E-state index in [0.717, 1.165) is 0 Å². The summed E-state index contributed by atoms with van der Waals surface area (Å²) in [5, 5.41) is 0. The summed E-state index contributed by atoms with van der Waals surface area (Å²) in [6.07, 6.45) is -4.24. The number of hydrogen-bond donors (Lipinski definition) is 0. The van der Waals surface area contributed by atoms with E-state index in [1.54, 1.807) is 0 Å². The van der Waals surface area contributed by atoms with Crippen LogP contribution in [-0.2, 0) is 43.0 Å². The van der Waals surface area contributed by atoms with Crippen LogP contribution in [0.5, 0.6) is 0 Å². The van der Waals surface area contributed by atoms with Crippen molar-refractivity contribution < 1.29 is 44.6 Å². The lowest BCUT2D eigenvalue weighted by molar-refractivity contribution is -0.364. The average Bonchev–Trinajstić information content (AvgIpc) is 3.15. The van der Waals surface area contributed by atoms with Gasteiger partial charge in [-0.1, -0.05) is 6.92 Å². The molecule has 3 aromatic heterocycles. The van der Waals surface area contributed by atoms with Crippen molar-refractivity contribution in [1.29, 1.82) is 0 Å². The van der Waals surface area contributed by atoms with Crippen LogP contribution in [0.25, 0.3) is 22.7 Å². The van der Waals surface area contributed by atoms with Crippen molar-refractivity contribution in [2.45, 2.75) is 29.9 Å². The van der Waals surface area contributed by atoms with Crippen LogP contribution in [0.15, 0.2) is 29.4 Å². The molecule has 0 unspecified atom stereocenters. The number of fused-ring (bicyclic) bond motifs is 1. The van der Waals surface area contributed by atoms with Crippen LogP contribution < -0.4 is 0 Å². The Morgan fingerprint density at radius 2 is 1.51 bits per heavy atom. The number of ether oxygens (including phenoxy) is 3. The minimum Gasteiger partial charge on any atom is -0.327 e. The second-order valence-electron chi connectivity index (χ2n) is 7.28. The van der Waals surface area contributed by atoms with Gasteiger partial charge in [0.25, 0.3) is 0 Å². The van der Waals surface area contributed by atoms with Crippen LogP contribution in [0.2, 0.25) is 0 Å². The van der Waals surface area contributed by atoms with Crippen LogP contribution in [0.4, 0.5) is 22.0 Å². The summed E-state index contributed by atoms with van der Waals surface area (Å²) in [4.78, 5) is 11.6. The van der Waals surface area contributed by atoms with Gasteiger partial charge < -0.3 is 18.8 Å². The maximum atomic E-state index is 13.8. The molecule has 0 aromatic carbocycles. The van der Waals surface area contributed by atoms with E-state index in [1.807, 2.05) is 0 Å². The predicted octanol–water partition coefficient (Wildman–Crippen LogP) is 3.53. The number of sulfone groups is 1. The third kappa shape index (κ3) is 4.37. The quantitative estimate of drug-likeness (QED) is 0.326. The summed E-state index contributed by atoms with van der Waals surface area (Å²) in [7, 11) is 1.22. The number of aryl methyl sites for hydroxylation is 1. The minimum absolute atomic E-state index is 0.0625. The third-order valence-corrected chi connectivity index (χ3v) is 7.11. The topological polar surface area (TPSA) is 105 Å². The van der Waals surface area contributed by atoms with Gasteiger partial charge in [-0.05, 0) is 12.1 Å². The van der Waals surface area contributed by atoms with Gasteiger partial charge >= 0.3 is 18.1 Å². The van der Waals surface area contributed by atoms with E-state index >= 15 is 0 Å². The molecule has 0 amide bonds. The van der Waals surface area contributed by atoms with Gasteiger partial charge in [0, 0.05) is 40.8 Å². The zero-order valence-electron chi connectivity index (χ0n) is 19.1. The smallest absolute Gasteiger partial charge is 0.327 e. The van der Waals surface area contributed by atoms with Crippen molar-refractivity contribution in [2.75, 3.05) is 27.1 Å². The molecular formula is C20H21F5N4O5S. The second-order valence-corrected chi connectivity index (χ2v) is 9.52. The van der Waals surface area contributed by atoms with Crippen LogP contribution in [0.3, 0.4) is 0 Å². The largest absolute Gasteiger partial charge is 0.458 e. The fourth-order valence-electron chi connectivity index (χ4n) is 3.40. The normalized spacial score (nSPS) is 13.5. The average molecular weight is 524 g/mol.